The lowest BCUT2D eigenvalue weighted by atomic mass is 10.1. The SMILES string of the molecule is C=CC(=O)N1CC(N2CCN(C(=O)CN3CC(=O)NC(C=C)=C3C=C)CC2)C1. The summed E-state index contributed by atoms with van der Waals surface area (Å²) in [6.07, 6.45) is 4.54. The van der Waals surface area contributed by atoms with Gasteiger partial charge in [-0.25, -0.2) is 0 Å². The Morgan fingerprint density at radius 2 is 1.71 bits per heavy atom. The Labute approximate surface area is 165 Å². The van der Waals surface area contributed by atoms with Crippen LogP contribution in [0.4, 0.5) is 0 Å². The maximum Gasteiger partial charge on any atom is 0.246 e. The molecule has 0 aromatic rings. The Bertz CT molecular complexity index is 730. The quantitative estimate of drug-likeness (QED) is 0.627. The van der Waals surface area contributed by atoms with E-state index in [1.807, 2.05) is 4.90 Å². The second-order valence-electron chi connectivity index (χ2n) is 7.13. The van der Waals surface area contributed by atoms with E-state index >= 15 is 0 Å². The number of rotatable bonds is 6. The standard InChI is InChI=1S/C20H27N5O3/c1-4-16-17(5-2)24(13-18(26)21-16)14-20(28)23-9-7-22(8-10-23)15-11-25(12-15)19(27)6-3/h4-6,15H,1-3,7-14H2,(H,21,26). The molecule has 0 bridgehead atoms. The molecule has 0 radical (unpaired) electrons. The summed E-state index contributed by atoms with van der Waals surface area (Å²) in [4.78, 5) is 43.9. The third kappa shape index (κ3) is 4.01. The van der Waals surface area contributed by atoms with Crippen molar-refractivity contribution in [3.8, 4) is 0 Å². The number of nitrogens with one attached hydrogen (secondary N) is 1. The monoisotopic (exact) mass is 385 g/mol. The largest absolute Gasteiger partial charge is 0.351 e. The molecule has 150 valence electrons. The molecule has 3 aliphatic heterocycles. The highest BCUT2D eigenvalue weighted by molar-refractivity contribution is 5.87. The molecule has 1 N–H and O–H groups in total. The van der Waals surface area contributed by atoms with E-state index in [0.29, 0.717) is 30.5 Å². The number of likely N-dealkylation sites (tertiary alicyclic amines) is 1. The molecule has 0 atom stereocenters. The van der Waals surface area contributed by atoms with E-state index < -0.39 is 0 Å². The molecule has 3 aliphatic rings. The summed E-state index contributed by atoms with van der Waals surface area (Å²) in [5.41, 5.74) is 1.29. The minimum Gasteiger partial charge on any atom is -0.351 e. The summed E-state index contributed by atoms with van der Waals surface area (Å²) < 4.78 is 0. The summed E-state index contributed by atoms with van der Waals surface area (Å²) >= 11 is 0. The van der Waals surface area contributed by atoms with Gasteiger partial charge in [-0.3, -0.25) is 19.3 Å². The van der Waals surface area contributed by atoms with E-state index in [1.165, 1.54) is 6.08 Å². The van der Waals surface area contributed by atoms with Crippen molar-refractivity contribution in [3.63, 3.8) is 0 Å². The minimum atomic E-state index is -0.165. The number of piperazine rings is 1. The van der Waals surface area contributed by atoms with Crippen LogP contribution in [0.5, 0.6) is 0 Å². The molecule has 3 amide bonds. The van der Waals surface area contributed by atoms with Crippen LogP contribution in [0.2, 0.25) is 0 Å². The fourth-order valence-corrected chi connectivity index (χ4v) is 3.81. The van der Waals surface area contributed by atoms with Crippen LogP contribution < -0.4 is 5.32 Å². The summed E-state index contributed by atoms with van der Waals surface area (Å²) in [5.74, 6) is -0.198. The first-order valence-electron chi connectivity index (χ1n) is 9.44. The third-order valence-electron chi connectivity index (χ3n) is 5.48. The van der Waals surface area contributed by atoms with Gasteiger partial charge in [0, 0.05) is 45.3 Å². The van der Waals surface area contributed by atoms with E-state index in [1.54, 1.807) is 22.0 Å². The first kappa shape index (κ1) is 19.9. The number of hydrogen-bond acceptors (Lipinski definition) is 5. The number of hydrogen-bond donors (Lipinski definition) is 1. The Morgan fingerprint density at radius 3 is 2.29 bits per heavy atom. The van der Waals surface area contributed by atoms with Crippen molar-refractivity contribution in [1.29, 1.82) is 0 Å². The fraction of sp³-hybridized carbons (Fsp3) is 0.450. The van der Waals surface area contributed by atoms with Crippen LogP contribution in [-0.4, -0.2) is 95.7 Å². The predicted octanol–water partition coefficient (Wildman–Crippen LogP) is -0.457. The number of carbonyl (C=O) groups excluding carboxylic acids is 3. The molecule has 0 aliphatic carbocycles. The van der Waals surface area contributed by atoms with Crippen molar-refractivity contribution in [2.24, 2.45) is 0 Å². The van der Waals surface area contributed by atoms with Crippen molar-refractivity contribution in [2.75, 3.05) is 52.4 Å². The maximum atomic E-state index is 12.8. The zero-order chi connectivity index (χ0) is 20.3. The van der Waals surface area contributed by atoms with Crippen LogP contribution in [-0.2, 0) is 14.4 Å². The molecule has 0 aromatic heterocycles. The molecule has 3 rings (SSSR count). The molecule has 0 aromatic carbocycles. The lowest BCUT2D eigenvalue weighted by Crippen LogP contribution is -2.64. The zero-order valence-corrected chi connectivity index (χ0v) is 16.1. The van der Waals surface area contributed by atoms with Crippen LogP contribution in [0.3, 0.4) is 0 Å². The lowest BCUT2D eigenvalue weighted by Gasteiger charge is -2.48. The molecular formula is C20H27N5O3. The second kappa shape index (κ2) is 8.43. The van der Waals surface area contributed by atoms with Gasteiger partial charge in [0.15, 0.2) is 0 Å². The van der Waals surface area contributed by atoms with Gasteiger partial charge in [-0.2, -0.15) is 0 Å². The minimum absolute atomic E-state index is 0.00539. The molecule has 2 fully saturated rings. The van der Waals surface area contributed by atoms with E-state index in [9.17, 15) is 14.4 Å². The van der Waals surface area contributed by atoms with Gasteiger partial charge >= 0.3 is 0 Å². The summed E-state index contributed by atoms with van der Waals surface area (Å²) in [5, 5.41) is 2.74. The second-order valence-corrected chi connectivity index (χ2v) is 7.13. The number of allylic oxidation sites excluding steroid dienone is 2. The summed E-state index contributed by atoms with van der Waals surface area (Å²) in [6, 6.07) is 0.359. The first-order valence-corrected chi connectivity index (χ1v) is 9.44. The van der Waals surface area contributed by atoms with Crippen LogP contribution in [0.15, 0.2) is 49.4 Å². The van der Waals surface area contributed by atoms with Gasteiger partial charge in [0.2, 0.25) is 17.7 Å². The smallest absolute Gasteiger partial charge is 0.246 e. The number of carbonyl (C=O) groups is 3. The van der Waals surface area contributed by atoms with Gasteiger partial charge in [-0.05, 0) is 18.2 Å². The van der Waals surface area contributed by atoms with Crippen molar-refractivity contribution < 1.29 is 14.4 Å². The Hall–Kier alpha value is -2.87. The molecular weight excluding hydrogens is 358 g/mol. The Kier molecular flexibility index (Phi) is 5.99. The Balaban J connectivity index is 1.51. The molecule has 3 heterocycles. The van der Waals surface area contributed by atoms with E-state index in [2.05, 4.69) is 30.0 Å². The number of amides is 3. The average Bonchev–Trinajstić information content (AvgIpc) is 2.66. The van der Waals surface area contributed by atoms with Crippen LogP contribution in [0.25, 0.3) is 0 Å². The average molecular weight is 385 g/mol. The van der Waals surface area contributed by atoms with Crippen LogP contribution in [0, 0.1) is 0 Å². The molecule has 28 heavy (non-hydrogen) atoms. The summed E-state index contributed by atoms with van der Waals surface area (Å²) in [7, 11) is 0. The van der Waals surface area contributed by atoms with Gasteiger partial charge in [-0.15, -0.1) is 0 Å². The third-order valence-corrected chi connectivity index (χ3v) is 5.48. The highest BCUT2D eigenvalue weighted by Gasteiger charge is 2.36. The number of nitrogens with zero attached hydrogens (tertiary/aromatic N) is 4. The molecule has 0 unspecified atom stereocenters. The van der Waals surface area contributed by atoms with E-state index in [0.717, 1.165) is 26.2 Å². The highest BCUT2D eigenvalue weighted by Crippen LogP contribution is 2.19. The zero-order valence-electron chi connectivity index (χ0n) is 16.1. The van der Waals surface area contributed by atoms with Gasteiger partial charge in [0.1, 0.15) is 0 Å². The maximum absolute atomic E-state index is 12.8. The highest BCUT2D eigenvalue weighted by atomic mass is 16.2. The normalized spacial score (nSPS) is 21.1. The van der Waals surface area contributed by atoms with E-state index in [-0.39, 0.29) is 30.8 Å². The van der Waals surface area contributed by atoms with Crippen molar-refractivity contribution in [3.05, 3.63) is 49.4 Å². The Morgan fingerprint density at radius 1 is 1.04 bits per heavy atom. The van der Waals surface area contributed by atoms with Crippen LogP contribution in [0.1, 0.15) is 0 Å². The van der Waals surface area contributed by atoms with Crippen molar-refractivity contribution >= 4 is 17.7 Å². The first-order chi connectivity index (χ1) is 13.5. The van der Waals surface area contributed by atoms with Gasteiger partial charge in [0.25, 0.3) is 0 Å². The van der Waals surface area contributed by atoms with Gasteiger partial charge in [0.05, 0.1) is 24.5 Å². The van der Waals surface area contributed by atoms with Crippen LogP contribution >= 0.6 is 0 Å². The molecule has 0 spiro atoms. The van der Waals surface area contributed by atoms with Gasteiger partial charge in [-0.1, -0.05) is 19.7 Å². The van der Waals surface area contributed by atoms with Crippen molar-refractivity contribution in [2.45, 2.75) is 6.04 Å². The molecule has 2 saturated heterocycles. The predicted molar refractivity (Wildman–Crippen MR) is 106 cm³/mol. The van der Waals surface area contributed by atoms with E-state index in [4.69, 9.17) is 0 Å². The van der Waals surface area contributed by atoms with Gasteiger partial charge < -0.3 is 20.0 Å². The molecule has 8 nitrogen and oxygen atoms in total. The molecule has 0 saturated carbocycles. The lowest BCUT2D eigenvalue weighted by molar-refractivity contribution is -0.137. The van der Waals surface area contributed by atoms with Crippen molar-refractivity contribution in [1.82, 2.24) is 24.9 Å². The topological polar surface area (TPSA) is 76.2 Å². The molecule has 8 heteroatoms. The fourth-order valence-electron chi connectivity index (χ4n) is 3.81. The summed E-state index contributed by atoms with van der Waals surface area (Å²) in [6.45, 7) is 15.6.